The van der Waals surface area contributed by atoms with Crippen LogP contribution in [0.1, 0.15) is 5.56 Å². The van der Waals surface area contributed by atoms with Gasteiger partial charge < -0.3 is 0 Å². The summed E-state index contributed by atoms with van der Waals surface area (Å²) in [6.07, 6.45) is 1.78. The van der Waals surface area contributed by atoms with Crippen molar-refractivity contribution in [2.24, 2.45) is 0 Å². The second-order valence-electron chi connectivity index (χ2n) is 3.20. The molecule has 0 atom stereocenters. The van der Waals surface area contributed by atoms with Gasteiger partial charge in [-0.15, -0.1) is 0 Å². The Morgan fingerprint density at radius 2 is 1.71 bits per heavy atom. The van der Waals surface area contributed by atoms with E-state index in [1.165, 1.54) is 0 Å². The van der Waals surface area contributed by atoms with Gasteiger partial charge in [-0.05, 0) is 24.6 Å². The Morgan fingerprint density at radius 3 is 2.43 bits per heavy atom. The summed E-state index contributed by atoms with van der Waals surface area (Å²) in [5, 5.41) is 0. The molecule has 0 bridgehead atoms. The third-order valence-corrected chi connectivity index (χ3v) is 2.20. The van der Waals surface area contributed by atoms with Crippen molar-refractivity contribution >= 4 is 0 Å². The van der Waals surface area contributed by atoms with Gasteiger partial charge in [0.05, 0.1) is 5.69 Å². The molecule has 0 saturated carbocycles. The minimum atomic E-state index is 0.00167. The van der Waals surface area contributed by atoms with Crippen molar-refractivity contribution in [3.05, 3.63) is 64.6 Å². The normalized spacial score (nSPS) is 10.1. The van der Waals surface area contributed by atoms with E-state index >= 15 is 0 Å². The van der Waals surface area contributed by atoms with Crippen LogP contribution in [0.5, 0.6) is 0 Å². The van der Waals surface area contributed by atoms with Gasteiger partial charge in [0, 0.05) is 12.3 Å². The minimum absolute atomic E-state index is 0.00167. The molecule has 1 aromatic heterocycles. The van der Waals surface area contributed by atoms with Crippen molar-refractivity contribution in [2.75, 3.05) is 0 Å². The second-order valence-corrected chi connectivity index (χ2v) is 3.20. The van der Waals surface area contributed by atoms with Gasteiger partial charge in [-0.3, -0.25) is 9.36 Å². The number of nitrogens with zero attached hydrogens (tertiary/aromatic N) is 1. The maximum atomic E-state index is 11.5. The maximum Gasteiger partial charge on any atom is 0.255 e. The highest BCUT2D eigenvalue weighted by Crippen LogP contribution is 2.10. The third kappa shape index (κ3) is 1.46. The smallest absolute Gasteiger partial charge is 0.255 e. The van der Waals surface area contributed by atoms with Crippen LogP contribution in [0.4, 0.5) is 0 Å². The summed E-state index contributed by atoms with van der Waals surface area (Å²) in [5.41, 5.74) is 2.04. The first-order valence-electron chi connectivity index (χ1n) is 4.53. The Morgan fingerprint density at radius 1 is 1.00 bits per heavy atom. The van der Waals surface area contributed by atoms with E-state index in [2.05, 4.69) is 0 Å². The molecule has 2 rings (SSSR count). The van der Waals surface area contributed by atoms with Crippen LogP contribution in [0.15, 0.2) is 53.5 Å². The first-order chi connectivity index (χ1) is 6.79. The number of para-hydroxylation sites is 1. The van der Waals surface area contributed by atoms with Crippen LogP contribution in [-0.4, -0.2) is 4.57 Å². The predicted octanol–water partition coefficient (Wildman–Crippen LogP) is 2.15. The van der Waals surface area contributed by atoms with Gasteiger partial charge in [-0.2, -0.15) is 0 Å². The molecular formula is C12H11NO. The van der Waals surface area contributed by atoms with Crippen LogP contribution in [0.2, 0.25) is 0 Å². The number of pyridine rings is 1. The van der Waals surface area contributed by atoms with Crippen LogP contribution < -0.4 is 5.56 Å². The topological polar surface area (TPSA) is 22.0 Å². The van der Waals surface area contributed by atoms with Gasteiger partial charge in [0.1, 0.15) is 0 Å². The lowest BCUT2D eigenvalue weighted by molar-refractivity contribution is 0.978. The van der Waals surface area contributed by atoms with Gasteiger partial charge in [0.25, 0.3) is 5.56 Å². The summed E-state index contributed by atoms with van der Waals surface area (Å²) in [6.45, 7) is 1.99. The van der Waals surface area contributed by atoms with Crippen LogP contribution in [0.25, 0.3) is 5.69 Å². The van der Waals surface area contributed by atoms with Crippen molar-refractivity contribution in [1.29, 1.82) is 0 Å². The summed E-state index contributed by atoms with van der Waals surface area (Å²) < 4.78 is 1.65. The summed E-state index contributed by atoms with van der Waals surface area (Å²) in [6, 6.07) is 13.0. The van der Waals surface area contributed by atoms with E-state index in [-0.39, 0.29) is 5.56 Å². The lowest BCUT2D eigenvalue weighted by Crippen LogP contribution is -2.16. The molecular weight excluding hydrogens is 174 g/mol. The van der Waals surface area contributed by atoms with Crippen molar-refractivity contribution in [3.8, 4) is 5.69 Å². The quantitative estimate of drug-likeness (QED) is 0.667. The average molecular weight is 185 g/mol. The Bertz CT molecular complexity index is 499. The van der Waals surface area contributed by atoms with Crippen LogP contribution in [0, 0.1) is 6.92 Å². The highest BCUT2D eigenvalue weighted by molar-refractivity contribution is 5.39. The van der Waals surface area contributed by atoms with Gasteiger partial charge in [0.15, 0.2) is 0 Å². The van der Waals surface area contributed by atoms with Crippen molar-refractivity contribution in [3.63, 3.8) is 0 Å². The molecule has 1 heterocycles. The fourth-order valence-corrected chi connectivity index (χ4v) is 1.46. The first kappa shape index (κ1) is 8.75. The fraction of sp³-hybridized carbons (Fsp3) is 0.0833. The van der Waals surface area contributed by atoms with Gasteiger partial charge in [-0.25, -0.2) is 0 Å². The second kappa shape index (κ2) is 3.50. The van der Waals surface area contributed by atoms with E-state index in [1.807, 2.05) is 37.3 Å². The Balaban J connectivity index is 2.67. The van der Waals surface area contributed by atoms with E-state index in [1.54, 1.807) is 22.9 Å². The molecule has 0 aliphatic carbocycles. The van der Waals surface area contributed by atoms with E-state index in [0.29, 0.717) is 0 Å². The Hall–Kier alpha value is -1.83. The highest BCUT2D eigenvalue weighted by Gasteiger charge is 1.99. The van der Waals surface area contributed by atoms with Crippen molar-refractivity contribution in [1.82, 2.24) is 4.57 Å². The molecule has 0 radical (unpaired) electrons. The highest BCUT2D eigenvalue weighted by atomic mass is 16.1. The molecule has 2 aromatic rings. The summed E-state index contributed by atoms with van der Waals surface area (Å²) in [4.78, 5) is 11.5. The standard InChI is InChI=1S/C12H11NO/c1-10-6-2-3-7-11(10)13-9-5-4-8-12(13)14/h2-9H,1H3. The van der Waals surface area contributed by atoms with Crippen LogP contribution in [0.3, 0.4) is 0 Å². The summed E-state index contributed by atoms with van der Waals surface area (Å²) in [7, 11) is 0. The molecule has 0 spiro atoms. The molecule has 2 heteroatoms. The van der Waals surface area contributed by atoms with Gasteiger partial charge in [0.2, 0.25) is 0 Å². The molecule has 0 fully saturated rings. The van der Waals surface area contributed by atoms with Crippen LogP contribution >= 0.6 is 0 Å². The average Bonchev–Trinajstić information content (AvgIpc) is 2.20. The van der Waals surface area contributed by atoms with Crippen LogP contribution in [-0.2, 0) is 0 Å². The van der Waals surface area contributed by atoms with Gasteiger partial charge in [-0.1, -0.05) is 24.3 Å². The lowest BCUT2D eigenvalue weighted by atomic mass is 10.2. The zero-order chi connectivity index (χ0) is 9.97. The molecule has 0 N–H and O–H groups in total. The molecule has 14 heavy (non-hydrogen) atoms. The van der Waals surface area contributed by atoms with E-state index in [9.17, 15) is 4.79 Å². The van der Waals surface area contributed by atoms with E-state index in [0.717, 1.165) is 11.3 Å². The molecule has 0 unspecified atom stereocenters. The molecule has 1 aromatic carbocycles. The van der Waals surface area contributed by atoms with Crippen molar-refractivity contribution < 1.29 is 0 Å². The van der Waals surface area contributed by atoms with E-state index in [4.69, 9.17) is 0 Å². The monoisotopic (exact) mass is 185 g/mol. The SMILES string of the molecule is Cc1ccccc1-n1ccccc1=O. The zero-order valence-corrected chi connectivity index (χ0v) is 7.97. The maximum absolute atomic E-state index is 11.5. The zero-order valence-electron chi connectivity index (χ0n) is 7.97. The predicted molar refractivity (Wildman–Crippen MR) is 56.8 cm³/mol. The number of hydrogen-bond donors (Lipinski definition) is 0. The summed E-state index contributed by atoms with van der Waals surface area (Å²) in [5.74, 6) is 0. The summed E-state index contributed by atoms with van der Waals surface area (Å²) >= 11 is 0. The Labute approximate surface area is 82.4 Å². The molecule has 0 aliphatic rings. The number of rotatable bonds is 1. The molecule has 70 valence electrons. The van der Waals surface area contributed by atoms with Gasteiger partial charge >= 0.3 is 0 Å². The molecule has 2 nitrogen and oxygen atoms in total. The number of hydrogen-bond acceptors (Lipinski definition) is 1. The Kier molecular flexibility index (Phi) is 2.19. The molecule has 0 aliphatic heterocycles. The minimum Gasteiger partial charge on any atom is -0.284 e. The lowest BCUT2D eigenvalue weighted by Gasteiger charge is -2.07. The van der Waals surface area contributed by atoms with Crippen molar-refractivity contribution in [2.45, 2.75) is 6.92 Å². The molecule has 0 saturated heterocycles. The largest absolute Gasteiger partial charge is 0.284 e. The fourth-order valence-electron chi connectivity index (χ4n) is 1.46. The molecule has 0 amide bonds. The number of aryl methyl sites for hydroxylation is 1. The third-order valence-electron chi connectivity index (χ3n) is 2.20. The first-order valence-corrected chi connectivity index (χ1v) is 4.53. The number of aromatic nitrogens is 1. The van der Waals surface area contributed by atoms with E-state index < -0.39 is 0 Å². The number of benzene rings is 1.